The van der Waals surface area contributed by atoms with Crippen molar-refractivity contribution in [3.05, 3.63) is 24.3 Å². The summed E-state index contributed by atoms with van der Waals surface area (Å²) in [7, 11) is 3.79. The van der Waals surface area contributed by atoms with Gasteiger partial charge in [0.15, 0.2) is 0 Å². The van der Waals surface area contributed by atoms with Crippen LogP contribution in [0.25, 0.3) is 11.3 Å². The van der Waals surface area contributed by atoms with Crippen LogP contribution in [-0.2, 0) is 7.05 Å². The van der Waals surface area contributed by atoms with Crippen LogP contribution >= 0.6 is 0 Å². The van der Waals surface area contributed by atoms with Gasteiger partial charge in [0, 0.05) is 37.8 Å². The third-order valence-corrected chi connectivity index (χ3v) is 2.94. The predicted octanol–water partition coefficient (Wildman–Crippen LogP) is 1.80. The molecular weight excluding hydrogens is 214 g/mol. The van der Waals surface area contributed by atoms with Crippen molar-refractivity contribution in [2.45, 2.75) is 18.8 Å². The Morgan fingerprint density at radius 1 is 1.35 bits per heavy atom. The van der Waals surface area contributed by atoms with E-state index >= 15 is 0 Å². The first kappa shape index (κ1) is 10.3. The molecule has 2 aromatic heterocycles. The van der Waals surface area contributed by atoms with Crippen molar-refractivity contribution in [1.82, 2.24) is 19.7 Å². The Labute approximate surface area is 99.9 Å². The van der Waals surface area contributed by atoms with Crippen LogP contribution in [-0.4, -0.2) is 26.8 Å². The fourth-order valence-electron chi connectivity index (χ4n) is 1.82. The number of rotatable bonds is 3. The van der Waals surface area contributed by atoms with Gasteiger partial charge in [-0.3, -0.25) is 4.68 Å². The summed E-state index contributed by atoms with van der Waals surface area (Å²) in [4.78, 5) is 9.12. The molecular formula is C12H15N5. The molecule has 1 N–H and O–H groups in total. The summed E-state index contributed by atoms with van der Waals surface area (Å²) >= 11 is 0. The SMILES string of the molecule is CNc1cc(-c2cnn(C)c2)nc(C2CC2)n1. The second-order valence-corrected chi connectivity index (χ2v) is 4.42. The van der Waals surface area contributed by atoms with E-state index < -0.39 is 0 Å². The molecule has 0 bridgehead atoms. The third kappa shape index (κ3) is 2.00. The minimum atomic E-state index is 0.554. The lowest BCUT2D eigenvalue weighted by Crippen LogP contribution is -2.00. The lowest BCUT2D eigenvalue weighted by molar-refractivity contribution is 0.768. The van der Waals surface area contributed by atoms with E-state index in [1.165, 1.54) is 12.8 Å². The van der Waals surface area contributed by atoms with Crippen LogP contribution in [0.2, 0.25) is 0 Å². The minimum Gasteiger partial charge on any atom is -0.373 e. The Balaban J connectivity index is 2.05. The van der Waals surface area contributed by atoms with Gasteiger partial charge in [-0.2, -0.15) is 5.10 Å². The smallest absolute Gasteiger partial charge is 0.134 e. The second kappa shape index (κ2) is 3.84. The maximum Gasteiger partial charge on any atom is 0.134 e. The molecule has 17 heavy (non-hydrogen) atoms. The topological polar surface area (TPSA) is 55.6 Å². The van der Waals surface area contributed by atoms with Crippen molar-refractivity contribution in [1.29, 1.82) is 0 Å². The van der Waals surface area contributed by atoms with Gasteiger partial charge in [-0.25, -0.2) is 9.97 Å². The fourth-order valence-corrected chi connectivity index (χ4v) is 1.82. The lowest BCUT2D eigenvalue weighted by Gasteiger charge is -2.05. The molecule has 1 fully saturated rings. The number of aryl methyl sites for hydroxylation is 1. The molecule has 0 atom stereocenters. The molecule has 2 aromatic rings. The van der Waals surface area contributed by atoms with E-state index in [2.05, 4.69) is 20.4 Å². The molecule has 88 valence electrons. The van der Waals surface area contributed by atoms with Gasteiger partial charge in [0.2, 0.25) is 0 Å². The molecule has 2 heterocycles. The zero-order valence-electron chi connectivity index (χ0n) is 10.0. The predicted molar refractivity (Wildman–Crippen MR) is 65.8 cm³/mol. The Bertz CT molecular complexity index is 542. The summed E-state index contributed by atoms with van der Waals surface area (Å²) in [6.45, 7) is 0. The van der Waals surface area contributed by atoms with E-state index in [1.807, 2.05) is 32.6 Å². The van der Waals surface area contributed by atoms with Gasteiger partial charge in [0.25, 0.3) is 0 Å². The fraction of sp³-hybridized carbons (Fsp3) is 0.417. The molecule has 3 rings (SSSR count). The van der Waals surface area contributed by atoms with Crippen molar-refractivity contribution >= 4 is 5.82 Å². The second-order valence-electron chi connectivity index (χ2n) is 4.42. The molecule has 0 radical (unpaired) electrons. The van der Waals surface area contributed by atoms with Crippen molar-refractivity contribution in [2.24, 2.45) is 7.05 Å². The molecule has 0 unspecified atom stereocenters. The maximum absolute atomic E-state index is 4.62. The Kier molecular flexibility index (Phi) is 2.31. The van der Waals surface area contributed by atoms with Gasteiger partial charge in [-0.15, -0.1) is 0 Å². The van der Waals surface area contributed by atoms with E-state index in [9.17, 15) is 0 Å². The third-order valence-electron chi connectivity index (χ3n) is 2.94. The van der Waals surface area contributed by atoms with Gasteiger partial charge < -0.3 is 5.32 Å². The highest BCUT2D eigenvalue weighted by Crippen LogP contribution is 2.39. The molecule has 1 aliphatic rings. The maximum atomic E-state index is 4.62. The monoisotopic (exact) mass is 229 g/mol. The van der Waals surface area contributed by atoms with E-state index in [4.69, 9.17) is 0 Å². The zero-order valence-corrected chi connectivity index (χ0v) is 10.0. The van der Waals surface area contributed by atoms with E-state index in [-0.39, 0.29) is 0 Å². The van der Waals surface area contributed by atoms with Crippen molar-refractivity contribution in [2.75, 3.05) is 12.4 Å². The number of anilines is 1. The number of aromatic nitrogens is 4. The van der Waals surface area contributed by atoms with Crippen LogP contribution < -0.4 is 5.32 Å². The molecule has 1 aliphatic carbocycles. The van der Waals surface area contributed by atoms with Gasteiger partial charge in [0.1, 0.15) is 11.6 Å². The Hall–Kier alpha value is -1.91. The van der Waals surface area contributed by atoms with Crippen LogP contribution in [0.5, 0.6) is 0 Å². The van der Waals surface area contributed by atoms with E-state index in [1.54, 1.807) is 4.68 Å². The van der Waals surface area contributed by atoms with Crippen LogP contribution in [0.1, 0.15) is 24.6 Å². The first-order valence-electron chi connectivity index (χ1n) is 5.82. The molecule has 1 saturated carbocycles. The van der Waals surface area contributed by atoms with Gasteiger partial charge in [-0.1, -0.05) is 0 Å². The summed E-state index contributed by atoms with van der Waals surface area (Å²) in [6, 6.07) is 1.96. The van der Waals surface area contributed by atoms with Gasteiger partial charge >= 0.3 is 0 Å². The van der Waals surface area contributed by atoms with Crippen LogP contribution in [0.15, 0.2) is 18.5 Å². The first-order chi connectivity index (χ1) is 8.26. The minimum absolute atomic E-state index is 0.554. The number of hydrogen-bond acceptors (Lipinski definition) is 4. The van der Waals surface area contributed by atoms with Crippen molar-refractivity contribution < 1.29 is 0 Å². The van der Waals surface area contributed by atoms with Gasteiger partial charge in [-0.05, 0) is 12.8 Å². The molecule has 0 saturated heterocycles. The molecule has 0 amide bonds. The summed E-state index contributed by atoms with van der Waals surface area (Å²) in [5.74, 6) is 2.38. The highest BCUT2D eigenvalue weighted by atomic mass is 15.2. The van der Waals surface area contributed by atoms with Crippen LogP contribution in [0.3, 0.4) is 0 Å². The van der Waals surface area contributed by atoms with E-state index in [0.29, 0.717) is 5.92 Å². The van der Waals surface area contributed by atoms with Crippen LogP contribution in [0, 0.1) is 0 Å². The van der Waals surface area contributed by atoms with Crippen molar-refractivity contribution in [3.8, 4) is 11.3 Å². The number of nitrogens with zero attached hydrogens (tertiary/aromatic N) is 4. The number of hydrogen-bond donors (Lipinski definition) is 1. The largest absolute Gasteiger partial charge is 0.373 e. The Morgan fingerprint density at radius 2 is 2.18 bits per heavy atom. The summed E-state index contributed by atoms with van der Waals surface area (Å²) in [5, 5.41) is 7.26. The standard InChI is InChI=1S/C12H15N5/c1-13-11-5-10(9-6-14-17(2)7-9)15-12(16-11)8-3-4-8/h5-8H,3-4H2,1-2H3,(H,13,15,16). The summed E-state index contributed by atoms with van der Waals surface area (Å²) < 4.78 is 1.79. The van der Waals surface area contributed by atoms with Crippen molar-refractivity contribution in [3.63, 3.8) is 0 Å². The highest BCUT2D eigenvalue weighted by molar-refractivity contribution is 5.61. The molecule has 0 aliphatic heterocycles. The zero-order chi connectivity index (χ0) is 11.8. The van der Waals surface area contributed by atoms with Crippen LogP contribution in [0.4, 0.5) is 5.82 Å². The first-order valence-corrected chi connectivity index (χ1v) is 5.82. The quantitative estimate of drug-likeness (QED) is 0.872. The number of nitrogens with one attached hydrogen (secondary N) is 1. The highest BCUT2D eigenvalue weighted by Gasteiger charge is 2.27. The molecule has 0 aromatic carbocycles. The average molecular weight is 229 g/mol. The average Bonchev–Trinajstić information content (AvgIpc) is 3.11. The van der Waals surface area contributed by atoms with E-state index in [0.717, 1.165) is 22.9 Å². The Morgan fingerprint density at radius 3 is 2.76 bits per heavy atom. The van der Waals surface area contributed by atoms with Gasteiger partial charge in [0.05, 0.1) is 11.9 Å². The summed E-state index contributed by atoms with van der Waals surface area (Å²) in [6.07, 6.45) is 6.22. The summed E-state index contributed by atoms with van der Waals surface area (Å²) in [5.41, 5.74) is 1.98. The molecule has 5 nitrogen and oxygen atoms in total. The normalized spacial score (nSPS) is 14.9. The lowest BCUT2D eigenvalue weighted by atomic mass is 10.2. The molecule has 5 heteroatoms. The molecule has 0 spiro atoms.